The van der Waals surface area contributed by atoms with E-state index in [9.17, 15) is 27.9 Å². The van der Waals surface area contributed by atoms with E-state index >= 15 is 0 Å². The molecule has 2 N–H and O–H groups in total. The number of aliphatic carboxylic acids is 1. The molecule has 1 saturated carbocycles. The number of benzene rings is 1. The van der Waals surface area contributed by atoms with E-state index in [0.717, 1.165) is 24.3 Å². The quantitative estimate of drug-likeness (QED) is 0.799. The third-order valence-electron chi connectivity index (χ3n) is 4.81. The standard InChI is InChI=1S/C17H20F3NO5/c1-4-25-12-9-16(14(23)24,15(12,2)3)21-13(22)10-5-7-11(8-6-10)26-17(18,19)20/h5-8,12H,4,9H2,1-3H3,(H,21,22)(H,23,24). The normalized spacial score (nSPS) is 24.5. The molecule has 0 radical (unpaired) electrons. The number of carboxylic acid groups (broad SMARTS) is 1. The predicted octanol–water partition coefficient (Wildman–Crippen LogP) is 2.97. The molecule has 2 atom stereocenters. The SMILES string of the molecule is CCOC1CC(NC(=O)c2ccc(OC(F)(F)F)cc2)(C(=O)O)C1(C)C. The van der Waals surface area contributed by atoms with Gasteiger partial charge in [-0.3, -0.25) is 4.79 Å². The van der Waals surface area contributed by atoms with Crippen molar-refractivity contribution in [2.24, 2.45) is 5.41 Å². The molecule has 2 rings (SSSR count). The summed E-state index contributed by atoms with van der Waals surface area (Å²) in [6.45, 7) is 5.58. The second-order valence-corrected chi connectivity index (χ2v) is 6.61. The third-order valence-corrected chi connectivity index (χ3v) is 4.81. The van der Waals surface area contributed by atoms with E-state index in [1.54, 1.807) is 20.8 Å². The fourth-order valence-corrected chi connectivity index (χ4v) is 3.11. The molecule has 1 fully saturated rings. The summed E-state index contributed by atoms with van der Waals surface area (Å²) in [5.41, 5.74) is -2.36. The van der Waals surface area contributed by atoms with Gasteiger partial charge in [0.2, 0.25) is 0 Å². The topological polar surface area (TPSA) is 84.9 Å². The molecular weight excluding hydrogens is 355 g/mol. The summed E-state index contributed by atoms with van der Waals surface area (Å²) in [6.07, 6.45) is -5.06. The zero-order valence-corrected chi connectivity index (χ0v) is 14.5. The number of hydrogen-bond donors (Lipinski definition) is 2. The Kier molecular flexibility index (Phi) is 5.23. The van der Waals surface area contributed by atoms with Gasteiger partial charge in [-0.15, -0.1) is 13.2 Å². The van der Waals surface area contributed by atoms with E-state index in [4.69, 9.17) is 4.74 Å². The first-order chi connectivity index (χ1) is 11.9. The van der Waals surface area contributed by atoms with Gasteiger partial charge in [0, 0.05) is 24.0 Å². The third kappa shape index (κ3) is 3.62. The van der Waals surface area contributed by atoms with Gasteiger partial charge in [0.05, 0.1) is 6.10 Å². The summed E-state index contributed by atoms with van der Waals surface area (Å²) in [4.78, 5) is 24.3. The number of rotatable bonds is 6. The summed E-state index contributed by atoms with van der Waals surface area (Å²) in [6, 6.07) is 4.25. The maximum atomic E-state index is 12.4. The zero-order chi connectivity index (χ0) is 19.8. The Labute approximate surface area is 148 Å². The van der Waals surface area contributed by atoms with Crippen LogP contribution in [0.4, 0.5) is 13.2 Å². The first kappa shape index (κ1) is 20.0. The van der Waals surface area contributed by atoms with E-state index in [0.29, 0.717) is 6.61 Å². The van der Waals surface area contributed by atoms with Crippen molar-refractivity contribution >= 4 is 11.9 Å². The van der Waals surface area contributed by atoms with Crippen molar-refractivity contribution in [3.8, 4) is 5.75 Å². The minimum Gasteiger partial charge on any atom is -0.479 e. The van der Waals surface area contributed by atoms with Crippen LogP contribution in [-0.4, -0.2) is 41.6 Å². The van der Waals surface area contributed by atoms with Crippen LogP contribution in [-0.2, 0) is 9.53 Å². The number of halogens is 3. The van der Waals surface area contributed by atoms with Crippen LogP contribution in [0.15, 0.2) is 24.3 Å². The number of amides is 1. The van der Waals surface area contributed by atoms with Gasteiger partial charge in [0.1, 0.15) is 11.3 Å². The van der Waals surface area contributed by atoms with Crippen molar-refractivity contribution in [3.63, 3.8) is 0 Å². The molecule has 26 heavy (non-hydrogen) atoms. The molecule has 2 unspecified atom stereocenters. The summed E-state index contributed by atoms with van der Waals surface area (Å²) >= 11 is 0. The Morgan fingerprint density at radius 3 is 2.27 bits per heavy atom. The van der Waals surface area contributed by atoms with E-state index in [1.165, 1.54) is 0 Å². The Morgan fingerprint density at radius 1 is 1.27 bits per heavy atom. The number of carbonyl (C=O) groups is 2. The lowest BCUT2D eigenvalue weighted by atomic mass is 9.54. The maximum absolute atomic E-state index is 12.4. The monoisotopic (exact) mass is 375 g/mol. The summed E-state index contributed by atoms with van der Waals surface area (Å²) in [5.74, 6) is -2.36. The second kappa shape index (κ2) is 6.79. The molecule has 9 heteroatoms. The average Bonchev–Trinajstić information content (AvgIpc) is 2.52. The van der Waals surface area contributed by atoms with Crippen molar-refractivity contribution in [1.29, 1.82) is 0 Å². The molecule has 1 aliphatic carbocycles. The smallest absolute Gasteiger partial charge is 0.479 e. The molecule has 0 spiro atoms. The van der Waals surface area contributed by atoms with Gasteiger partial charge in [-0.2, -0.15) is 0 Å². The van der Waals surface area contributed by atoms with Gasteiger partial charge in [0.15, 0.2) is 0 Å². The van der Waals surface area contributed by atoms with E-state index < -0.39 is 34.9 Å². The zero-order valence-electron chi connectivity index (χ0n) is 14.5. The average molecular weight is 375 g/mol. The minimum absolute atomic E-state index is 0.0239. The fraction of sp³-hybridized carbons (Fsp3) is 0.529. The van der Waals surface area contributed by atoms with Gasteiger partial charge in [-0.1, -0.05) is 13.8 Å². The van der Waals surface area contributed by atoms with Gasteiger partial charge in [0.25, 0.3) is 5.91 Å². The van der Waals surface area contributed by atoms with Crippen LogP contribution in [0.1, 0.15) is 37.6 Å². The molecule has 1 aromatic carbocycles. The Hall–Kier alpha value is -2.29. The molecule has 0 saturated heterocycles. The number of carbonyl (C=O) groups excluding carboxylic acids is 1. The highest BCUT2D eigenvalue weighted by Gasteiger charge is 2.66. The molecular formula is C17H20F3NO5. The Morgan fingerprint density at radius 2 is 1.85 bits per heavy atom. The maximum Gasteiger partial charge on any atom is 0.573 e. The number of carboxylic acids is 1. The van der Waals surface area contributed by atoms with Gasteiger partial charge in [-0.25, -0.2) is 4.79 Å². The van der Waals surface area contributed by atoms with Crippen molar-refractivity contribution in [2.75, 3.05) is 6.61 Å². The van der Waals surface area contributed by atoms with Crippen molar-refractivity contribution < 1.29 is 37.3 Å². The molecule has 1 aliphatic rings. The van der Waals surface area contributed by atoms with Crippen molar-refractivity contribution in [1.82, 2.24) is 5.32 Å². The van der Waals surface area contributed by atoms with Gasteiger partial charge in [-0.05, 0) is 31.2 Å². The van der Waals surface area contributed by atoms with E-state index in [2.05, 4.69) is 10.1 Å². The van der Waals surface area contributed by atoms with Crippen LogP contribution in [0.25, 0.3) is 0 Å². The Bertz CT molecular complexity index is 687. The van der Waals surface area contributed by atoms with E-state index in [-0.39, 0.29) is 18.1 Å². The van der Waals surface area contributed by atoms with Crippen LogP contribution in [0.3, 0.4) is 0 Å². The fourth-order valence-electron chi connectivity index (χ4n) is 3.11. The lowest BCUT2D eigenvalue weighted by molar-refractivity contribution is -0.274. The van der Waals surface area contributed by atoms with Crippen molar-refractivity contribution in [3.05, 3.63) is 29.8 Å². The highest BCUT2D eigenvalue weighted by molar-refractivity contribution is 5.98. The molecule has 0 bridgehead atoms. The Balaban J connectivity index is 2.16. The predicted molar refractivity (Wildman–Crippen MR) is 84.8 cm³/mol. The first-order valence-corrected chi connectivity index (χ1v) is 7.96. The van der Waals surface area contributed by atoms with Crippen LogP contribution >= 0.6 is 0 Å². The van der Waals surface area contributed by atoms with E-state index in [1.807, 2.05) is 0 Å². The highest BCUT2D eigenvalue weighted by atomic mass is 19.4. The van der Waals surface area contributed by atoms with Crippen LogP contribution < -0.4 is 10.1 Å². The second-order valence-electron chi connectivity index (χ2n) is 6.61. The molecule has 1 amide bonds. The van der Waals surface area contributed by atoms with Crippen LogP contribution in [0.5, 0.6) is 5.75 Å². The van der Waals surface area contributed by atoms with Crippen molar-refractivity contribution in [2.45, 2.75) is 45.2 Å². The van der Waals surface area contributed by atoms with Gasteiger partial charge >= 0.3 is 12.3 Å². The molecule has 6 nitrogen and oxygen atoms in total. The molecule has 0 aromatic heterocycles. The molecule has 0 heterocycles. The molecule has 144 valence electrons. The van der Waals surface area contributed by atoms with Gasteiger partial charge < -0.3 is 19.9 Å². The molecule has 1 aromatic rings. The number of ether oxygens (including phenoxy) is 2. The first-order valence-electron chi connectivity index (χ1n) is 7.96. The summed E-state index contributed by atoms with van der Waals surface area (Å²) < 4.78 is 45.8. The lowest BCUT2D eigenvalue weighted by Crippen LogP contribution is -2.76. The highest BCUT2D eigenvalue weighted by Crippen LogP contribution is 2.51. The largest absolute Gasteiger partial charge is 0.573 e. The summed E-state index contributed by atoms with van der Waals surface area (Å²) in [7, 11) is 0. The lowest BCUT2D eigenvalue weighted by Gasteiger charge is -2.58. The summed E-state index contributed by atoms with van der Waals surface area (Å²) in [5, 5.41) is 12.2. The number of nitrogens with one attached hydrogen (secondary N) is 1. The van der Waals surface area contributed by atoms with Crippen LogP contribution in [0, 0.1) is 5.41 Å². The minimum atomic E-state index is -4.83. The van der Waals surface area contributed by atoms with Crippen LogP contribution in [0.2, 0.25) is 0 Å². The number of hydrogen-bond acceptors (Lipinski definition) is 4. The number of alkyl halides is 3. The molecule has 0 aliphatic heterocycles.